The molecular formula is C5H9ClO5. The van der Waals surface area contributed by atoms with Crippen LogP contribution in [0.2, 0.25) is 0 Å². The second-order valence-corrected chi connectivity index (χ2v) is 2.92. The molecule has 1 aliphatic heterocycles. The second kappa shape index (κ2) is 2.85. The van der Waals surface area contributed by atoms with Gasteiger partial charge in [0.25, 0.3) is 5.25 Å². The Bertz CT molecular complexity index is 150. The molecule has 0 bridgehead atoms. The Labute approximate surface area is 67.8 Å². The first-order chi connectivity index (χ1) is 4.99. The highest BCUT2D eigenvalue weighted by Gasteiger charge is 2.52. The van der Waals surface area contributed by atoms with E-state index >= 15 is 0 Å². The van der Waals surface area contributed by atoms with E-state index in [2.05, 4.69) is 4.74 Å². The minimum atomic E-state index is -2.28. The number of aliphatic hydroxyl groups excluding tert-OH is 3. The van der Waals surface area contributed by atoms with Crippen LogP contribution in [0.15, 0.2) is 0 Å². The van der Waals surface area contributed by atoms with Crippen molar-refractivity contribution in [3.63, 3.8) is 0 Å². The lowest BCUT2D eigenvalue weighted by atomic mass is 10.1. The van der Waals surface area contributed by atoms with E-state index in [-0.39, 0.29) is 0 Å². The lowest BCUT2D eigenvalue weighted by Gasteiger charge is -2.16. The standard InChI is InChI=1S/C5H9ClO5/c6-5(10)4(9)3(8)2(1-7)11-5/h2-4,7-10H,1H2/t2-,3-,4+,5+/m1/s1. The Hall–Kier alpha value is 0.0900. The molecule has 0 aromatic heterocycles. The van der Waals surface area contributed by atoms with E-state index < -0.39 is 30.2 Å². The van der Waals surface area contributed by atoms with Crippen LogP contribution in [-0.2, 0) is 4.74 Å². The number of aliphatic hydroxyl groups is 4. The topological polar surface area (TPSA) is 90.2 Å². The van der Waals surface area contributed by atoms with Crippen LogP contribution in [0.1, 0.15) is 0 Å². The van der Waals surface area contributed by atoms with Crippen molar-refractivity contribution in [2.75, 3.05) is 6.61 Å². The predicted octanol–water partition coefficient (Wildman–Crippen LogP) is -2.02. The lowest BCUT2D eigenvalue weighted by Crippen LogP contribution is -2.38. The molecule has 6 heteroatoms. The maximum atomic E-state index is 9.01. The summed E-state index contributed by atoms with van der Waals surface area (Å²) in [6, 6.07) is 0. The minimum Gasteiger partial charge on any atom is -0.394 e. The lowest BCUT2D eigenvalue weighted by molar-refractivity contribution is -0.169. The zero-order valence-electron chi connectivity index (χ0n) is 5.51. The van der Waals surface area contributed by atoms with E-state index in [1.165, 1.54) is 0 Å². The molecule has 0 spiro atoms. The van der Waals surface area contributed by atoms with Gasteiger partial charge in [-0.25, -0.2) is 0 Å². The molecule has 5 nitrogen and oxygen atoms in total. The van der Waals surface area contributed by atoms with E-state index in [0.717, 1.165) is 0 Å². The number of hydrogen-bond donors (Lipinski definition) is 4. The third-order valence-corrected chi connectivity index (χ3v) is 1.88. The van der Waals surface area contributed by atoms with Gasteiger partial charge in [-0.2, -0.15) is 0 Å². The molecule has 1 rings (SSSR count). The van der Waals surface area contributed by atoms with E-state index in [1.54, 1.807) is 0 Å². The molecule has 0 amide bonds. The van der Waals surface area contributed by atoms with Gasteiger partial charge >= 0.3 is 0 Å². The molecule has 1 aliphatic rings. The number of hydrogen-bond acceptors (Lipinski definition) is 5. The van der Waals surface area contributed by atoms with Crippen molar-refractivity contribution in [3.05, 3.63) is 0 Å². The van der Waals surface area contributed by atoms with Crippen molar-refractivity contribution in [1.29, 1.82) is 0 Å². The Morgan fingerprint density at radius 2 is 2.00 bits per heavy atom. The summed E-state index contributed by atoms with van der Waals surface area (Å²) < 4.78 is 4.49. The summed E-state index contributed by atoms with van der Waals surface area (Å²) in [4.78, 5) is 0. The molecule has 1 fully saturated rings. The van der Waals surface area contributed by atoms with Gasteiger partial charge in [-0.3, -0.25) is 0 Å². The van der Waals surface area contributed by atoms with E-state index in [0.29, 0.717) is 0 Å². The van der Waals surface area contributed by atoms with Crippen molar-refractivity contribution >= 4 is 11.6 Å². The number of alkyl halides is 1. The van der Waals surface area contributed by atoms with E-state index in [1.807, 2.05) is 0 Å². The maximum Gasteiger partial charge on any atom is 0.276 e. The molecule has 0 saturated carbocycles. The SMILES string of the molecule is OC[C@H]1O[C@](O)(Cl)[C@@H](O)[C@@H]1O. The minimum absolute atomic E-state index is 0.507. The molecule has 1 heterocycles. The van der Waals surface area contributed by atoms with Crippen LogP contribution in [0.5, 0.6) is 0 Å². The fourth-order valence-corrected chi connectivity index (χ4v) is 1.15. The van der Waals surface area contributed by atoms with Gasteiger partial charge in [0.2, 0.25) is 0 Å². The van der Waals surface area contributed by atoms with Crippen LogP contribution in [0.4, 0.5) is 0 Å². The number of ether oxygens (including phenoxy) is 1. The Morgan fingerprint density at radius 1 is 1.45 bits per heavy atom. The number of halogens is 1. The van der Waals surface area contributed by atoms with Crippen LogP contribution in [0.3, 0.4) is 0 Å². The molecule has 4 N–H and O–H groups in total. The highest BCUT2D eigenvalue weighted by Crippen LogP contribution is 2.31. The van der Waals surface area contributed by atoms with Gasteiger partial charge in [-0.1, -0.05) is 11.6 Å². The van der Waals surface area contributed by atoms with Crippen LogP contribution in [0.25, 0.3) is 0 Å². The van der Waals surface area contributed by atoms with Gasteiger partial charge in [0.1, 0.15) is 12.2 Å². The third kappa shape index (κ3) is 1.48. The highest BCUT2D eigenvalue weighted by atomic mass is 35.5. The largest absolute Gasteiger partial charge is 0.394 e. The quantitative estimate of drug-likeness (QED) is 0.354. The fraction of sp³-hybridized carbons (Fsp3) is 1.00. The first-order valence-electron chi connectivity index (χ1n) is 3.05. The first kappa shape index (κ1) is 9.18. The van der Waals surface area contributed by atoms with Crippen molar-refractivity contribution in [2.24, 2.45) is 0 Å². The zero-order chi connectivity index (χ0) is 8.65. The summed E-state index contributed by atoms with van der Waals surface area (Å²) in [6.45, 7) is -0.507. The van der Waals surface area contributed by atoms with Gasteiger partial charge in [0.05, 0.1) is 6.61 Å². The van der Waals surface area contributed by atoms with E-state index in [9.17, 15) is 0 Å². The van der Waals surface area contributed by atoms with Gasteiger partial charge in [0.15, 0.2) is 6.10 Å². The summed E-state index contributed by atoms with van der Waals surface area (Å²) in [7, 11) is 0. The highest BCUT2D eigenvalue weighted by molar-refractivity contribution is 6.22. The van der Waals surface area contributed by atoms with Crippen molar-refractivity contribution in [3.8, 4) is 0 Å². The van der Waals surface area contributed by atoms with Gasteiger partial charge in [0, 0.05) is 0 Å². The monoisotopic (exact) mass is 184 g/mol. The van der Waals surface area contributed by atoms with Crippen molar-refractivity contribution < 1.29 is 25.2 Å². The molecule has 1 saturated heterocycles. The van der Waals surface area contributed by atoms with Gasteiger partial charge in [-0.15, -0.1) is 0 Å². The van der Waals surface area contributed by atoms with E-state index in [4.69, 9.17) is 32.0 Å². The smallest absolute Gasteiger partial charge is 0.276 e. The zero-order valence-corrected chi connectivity index (χ0v) is 6.27. The molecule has 11 heavy (non-hydrogen) atoms. The summed E-state index contributed by atoms with van der Waals surface area (Å²) in [6.07, 6.45) is -3.99. The molecule has 0 aromatic carbocycles. The van der Waals surface area contributed by atoms with Crippen molar-refractivity contribution in [1.82, 2.24) is 0 Å². The normalized spacial score (nSPS) is 51.5. The number of rotatable bonds is 1. The molecule has 4 atom stereocenters. The summed E-state index contributed by atoms with van der Waals surface area (Å²) >= 11 is 5.20. The first-order valence-corrected chi connectivity index (χ1v) is 3.43. The molecule has 0 radical (unpaired) electrons. The molecule has 0 aliphatic carbocycles. The Morgan fingerprint density at radius 3 is 2.18 bits per heavy atom. The van der Waals surface area contributed by atoms with Crippen LogP contribution in [0, 0.1) is 0 Å². The maximum absolute atomic E-state index is 9.01. The fourth-order valence-electron chi connectivity index (χ4n) is 0.911. The Kier molecular flexibility index (Phi) is 2.38. The molecular weight excluding hydrogens is 176 g/mol. The second-order valence-electron chi connectivity index (χ2n) is 2.38. The van der Waals surface area contributed by atoms with Crippen LogP contribution >= 0.6 is 11.6 Å². The molecule has 0 aromatic rings. The van der Waals surface area contributed by atoms with Crippen LogP contribution < -0.4 is 0 Å². The molecule has 66 valence electrons. The summed E-state index contributed by atoms with van der Waals surface area (Å²) in [5.74, 6) is 0. The third-order valence-electron chi connectivity index (χ3n) is 1.57. The van der Waals surface area contributed by atoms with Crippen LogP contribution in [-0.4, -0.2) is 50.6 Å². The molecule has 0 unspecified atom stereocenters. The average molecular weight is 185 g/mol. The predicted molar refractivity (Wildman–Crippen MR) is 34.8 cm³/mol. The summed E-state index contributed by atoms with van der Waals surface area (Å²) in [5, 5.41) is 33.2. The van der Waals surface area contributed by atoms with Crippen molar-refractivity contribution in [2.45, 2.75) is 23.6 Å². The van der Waals surface area contributed by atoms with Gasteiger partial charge in [-0.05, 0) is 0 Å². The Balaban J connectivity index is 2.69. The summed E-state index contributed by atoms with van der Waals surface area (Å²) in [5.41, 5.74) is 0. The average Bonchev–Trinajstić information content (AvgIpc) is 2.13. The van der Waals surface area contributed by atoms with Gasteiger partial charge < -0.3 is 25.2 Å².